The van der Waals surface area contributed by atoms with E-state index in [9.17, 15) is 9.59 Å². The maximum atomic E-state index is 13.0. The number of pyridine rings is 1. The highest BCUT2D eigenvalue weighted by molar-refractivity contribution is 5.96. The van der Waals surface area contributed by atoms with Gasteiger partial charge in [0.2, 0.25) is 13.6 Å². The normalized spacial score (nSPS) is 18.9. The summed E-state index contributed by atoms with van der Waals surface area (Å²) in [5.41, 5.74) is 3.34. The zero-order chi connectivity index (χ0) is 19.2. The average molecular weight is 384 g/mol. The molecule has 0 saturated carbocycles. The predicted molar refractivity (Wildman–Crippen MR) is 86.9 cm³/mol. The van der Waals surface area contributed by atoms with Crippen LogP contribution in [0.3, 0.4) is 0 Å². The van der Waals surface area contributed by atoms with Crippen LogP contribution in [-0.4, -0.2) is 75.4 Å². The molecular formula is C15H20N4O8. The number of methoxy groups -OCH3 is 2. The third-order valence-electron chi connectivity index (χ3n) is 3.83. The Morgan fingerprint density at radius 2 is 2.26 bits per heavy atom. The summed E-state index contributed by atoms with van der Waals surface area (Å²) in [7, 11) is 2.62. The molecule has 1 atom stereocenters. The molecule has 0 bridgehead atoms. The Morgan fingerprint density at radius 3 is 3.04 bits per heavy atom. The molecule has 1 unspecified atom stereocenters. The van der Waals surface area contributed by atoms with E-state index < -0.39 is 12.9 Å². The summed E-state index contributed by atoms with van der Waals surface area (Å²) in [5.74, 6) is -0.196. The van der Waals surface area contributed by atoms with Gasteiger partial charge < -0.3 is 38.8 Å². The molecular weight excluding hydrogens is 364 g/mol. The molecule has 3 rings (SSSR count). The van der Waals surface area contributed by atoms with Crippen molar-refractivity contribution in [1.29, 1.82) is 0 Å². The molecule has 1 aromatic heterocycles. The summed E-state index contributed by atoms with van der Waals surface area (Å²) in [6, 6.07) is 1.58. The lowest BCUT2D eigenvalue weighted by atomic mass is 10.2. The predicted octanol–water partition coefficient (Wildman–Crippen LogP) is -0.601. The molecule has 2 aliphatic rings. The Hall–Kier alpha value is -2.99. The van der Waals surface area contributed by atoms with Crippen LogP contribution in [0.15, 0.2) is 17.4 Å². The molecule has 148 valence electrons. The fraction of sp³-hybridized carbons (Fsp3) is 0.533. The number of carbonyl (C=O) groups excluding carboxylic acids is 2. The van der Waals surface area contributed by atoms with E-state index in [1.165, 1.54) is 18.9 Å². The quantitative estimate of drug-likeness (QED) is 0.296. The third kappa shape index (κ3) is 4.06. The monoisotopic (exact) mass is 384 g/mol. The number of rotatable bonds is 6. The second kappa shape index (κ2) is 8.60. The number of carbonyl (C=O) groups is 2. The van der Waals surface area contributed by atoms with E-state index in [2.05, 4.69) is 15.3 Å². The highest BCUT2D eigenvalue weighted by atomic mass is 16.8. The fourth-order valence-electron chi connectivity index (χ4n) is 2.64. The molecule has 1 amide bonds. The summed E-state index contributed by atoms with van der Waals surface area (Å²) in [4.78, 5) is 30.8. The molecule has 12 heteroatoms. The molecule has 12 nitrogen and oxygen atoms in total. The van der Waals surface area contributed by atoms with Gasteiger partial charge in [0.25, 0.3) is 5.91 Å². The molecule has 1 saturated heterocycles. The molecule has 3 heterocycles. The number of hydrogen-bond donors (Lipinski definition) is 1. The third-order valence-corrected chi connectivity index (χ3v) is 3.83. The van der Waals surface area contributed by atoms with Gasteiger partial charge in [-0.25, -0.2) is 4.79 Å². The van der Waals surface area contributed by atoms with Crippen LogP contribution in [0.5, 0.6) is 5.75 Å². The van der Waals surface area contributed by atoms with Crippen LogP contribution >= 0.6 is 0 Å². The fourth-order valence-corrected chi connectivity index (χ4v) is 2.64. The van der Waals surface area contributed by atoms with Crippen molar-refractivity contribution in [3.05, 3.63) is 23.3 Å². The standard InChI is InChI=1S/C15H20N4O8/c1-22-8-27-17-10-3-4-19-12(13(10)25-9-26-15(21)23-2)14(20)18-5-6-24-7-11(18)16-19/h3-4,11,16H,5-9H2,1-2H3/b17-10+. The molecule has 1 N–H and O–H groups in total. The zero-order valence-electron chi connectivity index (χ0n) is 14.9. The van der Waals surface area contributed by atoms with Crippen molar-refractivity contribution in [3.63, 3.8) is 0 Å². The maximum Gasteiger partial charge on any atom is 0.510 e. The first kappa shape index (κ1) is 18.8. The number of fused-ring (bicyclic) bond motifs is 2. The van der Waals surface area contributed by atoms with Gasteiger partial charge in [-0.1, -0.05) is 5.16 Å². The average Bonchev–Trinajstić information content (AvgIpc) is 2.69. The van der Waals surface area contributed by atoms with Gasteiger partial charge in [0.1, 0.15) is 11.5 Å². The van der Waals surface area contributed by atoms with Crippen LogP contribution in [0.4, 0.5) is 4.79 Å². The first-order chi connectivity index (χ1) is 13.2. The topological polar surface area (TPSA) is 122 Å². The van der Waals surface area contributed by atoms with Crippen molar-refractivity contribution >= 4 is 12.1 Å². The van der Waals surface area contributed by atoms with Gasteiger partial charge in [0.15, 0.2) is 11.4 Å². The van der Waals surface area contributed by atoms with Gasteiger partial charge in [-0.3, -0.25) is 9.47 Å². The Labute approximate surface area is 154 Å². The van der Waals surface area contributed by atoms with Crippen molar-refractivity contribution in [2.75, 3.05) is 53.0 Å². The van der Waals surface area contributed by atoms with Crippen molar-refractivity contribution in [2.45, 2.75) is 6.17 Å². The van der Waals surface area contributed by atoms with E-state index in [4.69, 9.17) is 23.8 Å². The van der Waals surface area contributed by atoms with Gasteiger partial charge in [-0.2, -0.15) is 0 Å². The Bertz CT molecular complexity index is 765. The van der Waals surface area contributed by atoms with E-state index in [-0.39, 0.29) is 35.7 Å². The number of ether oxygens (including phenoxy) is 5. The summed E-state index contributed by atoms with van der Waals surface area (Å²) >= 11 is 0. The lowest BCUT2D eigenvalue weighted by Crippen LogP contribution is -2.59. The van der Waals surface area contributed by atoms with E-state index in [1.807, 2.05) is 0 Å². The van der Waals surface area contributed by atoms with E-state index in [0.29, 0.717) is 19.8 Å². The Morgan fingerprint density at radius 1 is 1.41 bits per heavy atom. The van der Waals surface area contributed by atoms with Gasteiger partial charge in [-0.05, 0) is 6.07 Å². The molecule has 0 aliphatic carbocycles. The lowest BCUT2D eigenvalue weighted by molar-refractivity contribution is -0.0340. The minimum Gasteiger partial charge on any atom is -0.452 e. The molecule has 1 aromatic rings. The van der Waals surface area contributed by atoms with Crippen molar-refractivity contribution in [3.8, 4) is 5.75 Å². The summed E-state index contributed by atoms with van der Waals surface area (Å²) in [5, 5.41) is 4.13. The van der Waals surface area contributed by atoms with Crippen molar-refractivity contribution in [2.24, 2.45) is 5.16 Å². The first-order valence-electron chi connectivity index (χ1n) is 8.05. The van der Waals surface area contributed by atoms with Gasteiger partial charge >= 0.3 is 6.16 Å². The molecule has 2 aliphatic heterocycles. The number of hydrogen-bond acceptors (Lipinski definition) is 10. The Balaban J connectivity index is 1.94. The number of aromatic nitrogens is 1. The van der Waals surface area contributed by atoms with Crippen LogP contribution in [0.2, 0.25) is 0 Å². The number of nitrogens with zero attached hydrogens (tertiary/aromatic N) is 3. The van der Waals surface area contributed by atoms with Crippen LogP contribution in [0.25, 0.3) is 0 Å². The zero-order valence-corrected chi connectivity index (χ0v) is 14.9. The smallest absolute Gasteiger partial charge is 0.452 e. The number of morpholine rings is 1. The largest absolute Gasteiger partial charge is 0.510 e. The van der Waals surface area contributed by atoms with Crippen LogP contribution in [0, 0.1) is 0 Å². The highest BCUT2D eigenvalue weighted by Gasteiger charge is 2.36. The van der Waals surface area contributed by atoms with Crippen LogP contribution in [-0.2, 0) is 23.8 Å². The number of nitrogens with one attached hydrogen (secondary N) is 1. The van der Waals surface area contributed by atoms with Crippen molar-refractivity contribution < 1.29 is 38.1 Å². The minimum atomic E-state index is -0.917. The number of amides is 1. The summed E-state index contributed by atoms with van der Waals surface area (Å²) < 4.78 is 26.3. The van der Waals surface area contributed by atoms with Crippen LogP contribution in [0.1, 0.15) is 10.5 Å². The van der Waals surface area contributed by atoms with E-state index in [0.717, 1.165) is 0 Å². The SMILES string of the molecule is COCO/N=c1\ccn2c(c1OCOC(=O)OC)C(=O)N1CCOCC1N2. The van der Waals surface area contributed by atoms with Gasteiger partial charge in [-0.15, -0.1) is 0 Å². The second-order valence-corrected chi connectivity index (χ2v) is 5.45. The first-order valence-corrected chi connectivity index (χ1v) is 8.05. The van der Waals surface area contributed by atoms with Crippen molar-refractivity contribution in [1.82, 2.24) is 9.58 Å². The molecule has 0 radical (unpaired) electrons. The van der Waals surface area contributed by atoms with E-state index >= 15 is 0 Å². The summed E-state index contributed by atoms with van der Waals surface area (Å²) in [6.45, 7) is 0.669. The second-order valence-electron chi connectivity index (χ2n) is 5.45. The Kier molecular flexibility index (Phi) is 5.98. The maximum absolute atomic E-state index is 13.0. The van der Waals surface area contributed by atoms with E-state index in [1.54, 1.807) is 17.2 Å². The van der Waals surface area contributed by atoms with Gasteiger partial charge in [0.05, 0.1) is 20.3 Å². The highest BCUT2D eigenvalue weighted by Crippen LogP contribution is 2.22. The van der Waals surface area contributed by atoms with Gasteiger partial charge in [0, 0.05) is 19.9 Å². The molecule has 0 spiro atoms. The minimum absolute atomic E-state index is 0.0833. The molecule has 27 heavy (non-hydrogen) atoms. The molecule has 1 fully saturated rings. The lowest BCUT2D eigenvalue weighted by Gasteiger charge is -2.41. The van der Waals surface area contributed by atoms with Crippen LogP contribution < -0.4 is 15.5 Å². The summed E-state index contributed by atoms with van der Waals surface area (Å²) in [6.07, 6.45) is 0.400. The molecule has 0 aromatic carbocycles.